The van der Waals surface area contributed by atoms with Crippen LogP contribution in [0.4, 0.5) is 18.9 Å². The van der Waals surface area contributed by atoms with E-state index in [0.29, 0.717) is 11.3 Å². The molecule has 0 aromatic heterocycles. The molecule has 0 saturated carbocycles. The van der Waals surface area contributed by atoms with Crippen molar-refractivity contribution in [2.75, 3.05) is 5.32 Å². The smallest absolute Gasteiger partial charge is 0.379 e. The van der Waals surface area contributed by atoms with E-state index in [-0.39, 0.29) is 6.04 Å². The molecule has 2 rings (SSSR count). The zero-order chi connectivity index (χ0) is 18.0. The topological polar surface area (TPSA) is 70.0 Å². The first-order chi connectivity index (χ1) is 11.1. The minimum absolute atomic E-state index is 0.219. The van der Waals surface area contributed by atoms with Gasteiger partial charge in [-0.2, -0.15) is 18.4 Å². The fraction of sp³-hybridized carbons (Fsp3) is 0.188. The van der Waals surface area contributed by atoms with Crippen LogP contribution in [0.5, 0.6) is 0 Å². The van der Waals surface area contributed by atoms with Crippen molar-refractivity contribution in [2.24, 2.45) is 0 Å². The highest BCUT2D eigenvalue weighted by atomic mass is 32.2. The Bertz CT molecular complexity index is 869. The first kappa shape index (κ1) is 17.8. The van der Waals surface area contributed by atoms with E-state index >= 15 is 0 Å². The van der Waals surface area contributed by atoms with Crippen LogP contribution in [0, 0.1) is 11.3 Å². The van der Waals surface area contributed by atoms with Gasteiger partial charge in [-0.05, 0) is 48.9 Å². The summed E-state index contributed by atoms with van der Waals surface area (Å²) >= 11 is 0. The van der Waals surface area contributed by atoms with Gasteiger partial charge >= 0.3 is 5.51 Å². The maximum atomic E-state index is 12.5. The zero-order valence-corrected chi connectivity index (χ0v) is 13.3. The highest BCUT2D eigenvalue weighted by Crippen LogP contribution is 2.31. The summed E-state index contributed by atoms with van der Waals surface area (Å²) in [5, 5.41) is 11.9. The number of nitrogens with one attached hydrogen (secondary N) is 1. The largest absolute Gasteiger partial charge is 0.501 e. The molecule has 0 aliphatic carbocycles. The van der Waals surface area contributed by atoms with Crippen LogP contribution >= 0.6 is 0 Å². The lowest BCUT2D eigenvalue weighted by Gasteiger charge is -2.16. The highest BCUT2D eigenvalue weighted by molar-refractivity contribution is 7.92. The predicted octanol–water partition coefficient (Wildman–Crippen LogP) is 4.02. The van der Waals surface area contributed by atoms with Gasteiger partial charge in [0.25, 0.3) is 9.84 Å². The summed E-state index contributed by atoms with van der Waals surface area (Å²) in [6.45, 7) is 1.82. The zero-order valence-electron chi connectivity index (χ0n) is 12.5. The molecule has 0 fully saturated rings. The molecular weight excluding hydrogens is 341 g/mol. The second kappa shape index (κ2) is 6.53. The molecule has 0 spiro atoms. The second-order valence-electron chi connectivity index (χ2n) is 5.08. The number of rotatable bonds is 4. The minimum atomic E-state index is -5.35. The average molecular weight is 354 g/mol. The number of benzene rings is 2. The third-order valence-electron chi connectivity index (χ3n) is 3.37. The van der Waals surface area contributed by atoms with Crippen LogP contribution in [0.3, 0.4) is 0 Å². The van der Waals surface area contributed by atoms with Gasteiger partial charge in [0.05, 0.1) is 16.5 Å². The molecule has 1 atom stereocenters. The van der Waals surface area contributed by atoms with Gasteiger partial charge in [0, 0.05) is 11.7 Å². The fourth-order valence-corrected chi connectivity index (χ4v) is 2.84. The van der Waals surface area contributed by atoms with Gasteiger partial charge in [0.2, 0.25) is 0 Å². The number of hydrogen-bond donors (Lipinski definition) is 1. The number of halogens is 3. The highest BCUT2D eigenvalue weighted by Gasteiger charge is 2.46. The monoisotopic (exact) mass is 354 g/mol. The molecule has 0 saturated heterocycles. The van der Waals surface area contributed by atoms with Gasteiger partial charge in [0.15, 0.2) is 0 Å². The van der Waals surface area contributed by atoms with Gasteiger partial charge in [-0.25, -0.2) is 8.42 Å². The van der Waals surface area contributed by atoms with Crippen LogP contribution in [-0.2, 0) is 9.84 Å². The van der Waals surface area contributed by atoms with Gasteiger partial charge in [0.1, 0.15) is 0 Å². The minimum Gasteiger partial charge on any atom is -0.379 e. The molecule has 0 heterocycles. The summed E-state index contributed by atoms with van der Waals surface area (Å²) in [6, 6.07) is 13.0. The summed E-state index contributed by atoms with van der Waals surface area (Å²) in [4.78, 5) is -0.806. The van der Waals surface area contributed by atoms with Crippen LogP contribution in [0.2, 0.25) is 0 Å². The van der Waals surface area contributed by atoms with Crippen LogP contribution in [0.25, 0.3) is 0 Å². The van der Waals surface area contributed by atoms with E-state index in [2.05, 4.69) is 5.32 Å². The van der Waals surface area contributed by atoms with Gasteiger partial charge in [-0.3, -0.25) is 0 Å². The Labute approximate surface area is 137 Å². The van der Waals surface area contributed by atoms with Crippen molar-refractivity contribution in [2.45, 2.75) is 23.4 Å². The molecule has 0 radical (unpaired) electrons. The van der Waals surface area contributed by atoms with Gasteiger partial charge in [-0.15, -0.1) is 0 Å². The van der Waals surface area contributed by atoms with Crippen LogP contribution < -0.4 is 5.32 Å². The lowest BCUT2D eigenvalue weighted by Crippen LogP contribution is -2.23. The number of anilines is 1. The van der Waals surface area contributed by atoms with Gasteiger partial charge in [-0.1, -0.05) is 12.1 Å². The van der Waals surface area contributed by atoms with E-state index in [0.717, 1.165) is 17.7 Å². The average Bonchev–Trinajstić information content (AvgIpc) is 2.54. The number of hydrogen-bond acceptors (Lipinski definition) is 4. The molecule has 0 aliphatic rings. The number of sulfone groups is 1. The second-order valence-corrected chi connectivity index (χ2v) is 7.02. The molecule has 1 N–H and O–H groups in total. The van der Waals surface area contributed by atoms with Crippen LogP contribution in [0.1, 0.15) is 24.1 Å². The van der Waals surface area contributed by atoms with Crippen molar-refractivity contribution in [3.05, 3.63) is 59.7 Å². The molecular formula is C16H13F3N2O2S. The Morgan fingerprint density at radius 3 is 2.29 bits per heavy atom. The van der Waals surface area contributed by atoms with E-state index in [1.54, 1.807) is 24.3 Å². The molecule has 0 amide bonds. The van der Waals surface area contributed by atoms with Crippen molar-refractivity contribution in [1.29, 1.82) is 5.26 Å². The van der Waals surface area contributed by atoms with E-state index < -0.39 is 20.2 Å². The van der Waals surface area contributed by atoms with Crippen molar-refractivity contribution < 1.29 is 21.6 Å². The Morgan fingerprint density at radius 1 is 1.12 bits per heavy atom. The lowest BCUT2D eigenvalue weighted by molar-refractivity contribution is -0.0436. The number of nitriles is 1. The third-order valence-corrected chi connectivity index (χ3v) is 4.87. The molecule has 1 unspecified atom stereocenters. The maximum Gasteiger partial charge on any atom is 0.501 e. The van der Waals surface area contributed by atoms with E-state index in [9.17, 15) is 21.6 Å². The SMILES string of the molecule is CC(Nc1ccc(S(=O)(=O)C(F)(F)F)cc1)c1cccc(C#N)c1. The quantitative estimate of drug-likeness (QED) is 0.900. The van der Waals surface area contributed by atoms with E-state index in [1.165, 1.54) is 12.1 Å². The summed E-state index contributed by atoms with van der Waals surface area (Å²) in [5.41, 5.74) is -3.55. The predicted molar refractivity (Wildman–Crippen MR) is 82.9 cm³/mol. The number of alkyl halides is 3. The molecule has 0 aliphatic heterocycles. The Balaban J connectivity index is 2.19. The maximum absolute atomic E-state index is 12.5. The third kappa shape index (κ3) is 3.68. The Kier molecular flexibility index (Phi) is 4.85. The fourth-order valence-electron chi connectivity index (χ4n) is 2.07. The van der Waals surface area contributed by atoms with Crippen molar-refractivity contribution in [1.82, 2.24) is 0 Å². The molecule has 4 nitrogen and oxygen atoms in total. The molecule has 24 heavy (non-hydrogen) atoms. The molecule has 2 aromatic carbocycles. The standard InChI is InChI=1S/C16H13F3N2O2S/c1-11(13-4-2-3-12(9-13)10-20)21-14-5-7-15(8-6-14)24(22,23)16(17,18)19/h2-9,11,21H,1H3. The van der Waals surface area contributed by atoms with Crippen molar-refractivity contribution >= 4 is 15.5 Å². The summed E-state index contributed by atoms with van der Waals surface area (Å²) in [6.07, 6.45) is 0. The summed E-state index contributed by atoms with van der Waals surface area (Å²) in [7, 11) is -5.35. The normalized spacial score (nSPS) is 13.1. The van der Waals surface area contributed by atoms with E-state index in [4.69, 9.17) is 5.26 Å². The first-order valence-corrected chi connectivity index (χ1v) is 8.31. The Hall–Kier alpha value is -2.53. The first-order valence-electron chi connectivity index (χ1n) is 6.83. The molecule has 0 bridgehead atoms. The summed E-state index contributed by atoms with van der Waals surface area (Å²) < 4.78 is 60.1. The number of nitrogens with zero attached hydrogens (tertiary/aromatic N) is 1. The molecule has 126 valence electrons. The van der Waals surface area contributed by atoms with Crippen LogP contribution in [-0.4, -0.2) is 13.9 Å². The van der Waals surface area contributed by atoms with E-state index in [1.807, 2.05) is 13.0 Å². The molecule has 8 heteroatoms. The van der Waals surface area contributed by atoms with Crippen LogP contribution in [0.15, 0.2) is 53.4 Å². The van der Waals surface area contributed by atoms with Gasteiger partial charge < -0.3 is 5.32 Å². The van der Waals surface area contributed by atoms with Crippen molar-refractivity contribution in [3.8, 4) is 6.07 Å². The van der Waals surface area contributed by atoms with Crippen molar-refractivity contribution in [3.63, 3.8) is 0 Å². The lowest BCUT2D eigenvalue weighted by atomic mass is 10.1. The Morgan fingerprint density at radius 2 is 1.75 bits per heavy atom. The molecule has 2 aromatic rings. The summed E-state index contributed by atoms with van der Waals surface area (Å²) in [5.74, 6) is 0.